The molecule has 7 heteroatoms. The molecule has 2 aliphatic rings. The van der Waals surface area contributed by atoms with Gasteiger partial charge in [-0.1, -0.05) is 6.92 Å². The molecule has 2 saturated heterocycles. The number of urea groups is 1. The molecule has 120 valence electrons. The van der Waals surface area contributed by atoms with Crippen molar-refractivity contribution in [3.63, 3.8) is 0 Å². The molecule has 3 unspecified atom stereocenters. The lowest BCUT2D eigenvalue weighted by atomic mass is 9.85. The number of carbonyl (C=O) groups is 2. The summed E-state index contributed by atoms with van der Waals surface area (Å²) in [5, 5.41) is 15.0. The third-order valence-corrected chi connectivity index (χ3v) is 4.54. The molecule has 3 atom stereocenters. The summed E-state index contributed by atoms with van der Waals surface area (Å²) in [6.07, 6.45) is 2.03. The van der Waals surface area contributed by atoms with Crippen LogP contribution in [0.25, 0.3) is 0 Å². The van der Waals surface area contributed by atoms with E-state index in [1.165, 1.54) is 0 Å². The first-order valence-electron chi connectivity index (χ1n) is 7.56. The van der Waals surface area contributed by atoms with Gasteiger partial charge in [0.25, 0.3) is 0 Å². The van der Waals surface area contributed by atoms with Gasteiger partial charge in [-0.05, 0) is 32.9 Å². The number of piperidine rings is 1. The number of carboxylic acid groups (broad SMARTS) is 1. The Morgan fingerprint density at radius 3 is 2.86 bits per heavy atom. The summed E-state index contributed by atoms with van der Waals surface area (Å²) in [6.45, 7) is 6.98. The topological polar surface area (TPSA) is 90.9 Å². The number of likely N-dealkylation sites (N-methyl/N-ethyl adjacent to an activating group) is 1. The fraction of sp³-hybridized carbons (Fsp3) is 0.857. The monoisotopic (exact) mass is 299 g/mol. The molecular formula is C14H25N3O4. The number of amides is 2. The van der Waals surface area contributed by atoms with Crippen LogP contribution in [0.5, 0.6) is 0 Å². The summed E-state index contributed by atoms with van der Waals surface area (Å²) < 4.78 is 5.23. The Balaban J connectivity index is 1.85. The van der Waals surface area contributed by atoms with E-state index in [9.17, 15) is 14.7 Å². The molecule has 0 aromatic rings. The van der Waals surface area contributed by atoms with Crippen molar-refractivity contribution in [2.24, 2.45) is 5.41 Å². The lowest BCUT2D eigenvalue weighted by Gasteiger charge is -2.33. The minimum Gasteiger partial charge on any atom is -0.481 e. The highest BCUT2D eigenvalue weighted by molar-refractivity contribution is 5.79. The Bertz CT molecular complexity index is 404. The normalized spacial score (nSPS) is 33.6. The van der Waals surface area contributed by atoms with Crippen LogP contribution in [0.2, 0.25) is 0 Å². The maximum atomic E-state index is 12.1. The van der Waals surface area contributed by atoms with Crippen LogP contribution >= 0.6 is 0 Å². The van der Waals surface area contributed by atoms with Gasteiger partial charge >= 0.3 is 12.0 Å². The summed E-state index contributed by atoms with van der Waals surface area (Å²) in [4.78, 5) is 25.7. The molecule has 2 aliphatic heterocycles. The second kappa shape index (κ2) is 6.62. The first-order valence-corrected chi connectivity index (χ1v) is 7.56. The molecule has 0 saturated carbocycles. The molecule has 0 spiro atoms. The predicted octanol–water partition coefficient (Wildman–Crippen LogP) is 0.260. The molecule has 3 N–H and O–H groups in total. The molecule has 0 radical (unpaired) electrons. The van der Waals surface area contributed by atoms with Gasteiger partial charge in [0.05, 0.1) is 19.3 Å². The minimum atomic E-state index is -1.06. The summed E-state index contributed by atoms with van der Waals surface area (Å²) >= 11 is 0. The van der Waals surface area contributed by atoms with Crippen LogP contribution in [0.1, 0.15) is 26.7 Å². The van der Waals surface area contributed by atoms with E-state index in [0.29, 0.717) is 0 Å². The highest BCUT2D eigenvalue weighted by Crippen LogP contribution is 2.28. The number of aliphatic carboxylic acids is 1. The van der Waals surface area contributed by atoms with E-state index >= 15 is 0 Å². The summed E-state index contributed by atoms with van der Waals surface area (Å²) in [6, 6.07) is -0.682. The fourth-order valence-corrected chi connectivity index (χ4v) is 2.93. The number of carboxylic acids is 1. The Morgan fingerprint density at radius 1 is 1.43 bits per heavy atom. The van der Waals surface area contributed by atoms with Crippen molar-refractivity contribution < 1.29 is 19.4 Å². The Hall–Kier alpha value is -1.34. The van der Waals surface area contributed by atoms with Gasteiger partial charge in [0.15, 0.2) is 0 Å². The molecule has 2 rings (SSSR count). The molecule has 0 aliphatic carbocycles. The van der Waals surface area contributed by atoms with Crippen LogP contribution in [0.15, 0.2) is 0 Å². The van der Waals surface area contributed by atoms with Crippen LogP contribution in [-0.4, -0.2) is 66.9 Å². The Morgan fingerprint density at radius 2 is 2.19 bits per heavy atom. The van der Waals surface area contributed by atoms with E-state index in [4.69, 9.17) is 4.74 Å². The molecule has 0 aromatic carbocycles. The van der Waals surface area contributed by atoms with Crippen LogP contribution in [0.3, 0.4) is 0 Å². The van der Waals surface area contributed by atoms with Gasteiger partial charge in [-0.15, -0.1) is 0 Å². The number of ether oxygens (including phenoxy) is 1. The zero-order valence-electron chi connectivity index (χ0n) is 12.7. The van der Waals surface area contributed by atoms with Gasteiger partial charge in [-0.2, -0.15) is 0 Å². The number of nitrogens with zero attached hydrogens (tertiary/aromatic N) is 1. The van der Waals surface area contributed by atoms with E-state index < -0.39 is 17.4 Å². The van der Waals surface area contributed by atoms with Crippen molar-refractivity contribution in [1.29, 1.82) is 0 Å². The second-order valence-corrected chi connectivity index (χ2v) is 6.14. The smallest absolute Gasteiger partial charge is 0.315 e. The van der Waals surface area contributed by atoms with E-state index in [0.717, 1.165) is 32.5 Å². The third-order valence-electron chi connectivity index (χ3n) is 4.54. The number of hydrogen-bond donors (Lipinski definition) is 3. The molecule has 2 heterocycles. The number of nitrogens with one attached hydrogen (secondary N) is 2. The Kier molecular flexibility index (Phi) is 5.05. The Labute approximate surface area is 125 Å². The second-order valence-electron chi connectivity index (χ2n) is 6.14. The van der Waals surface area contributed by atoms with Crippen molar-refractivity contribution >= 4 is 12.0 Å². The van der Waals surface area contributed by atoms with Gasteiger partial charge in [0, 0.05) is 12.6 Å². The maximum Gasteiger partial charge on any atom is 0.315 e. The van der Waals surface area contributed by atoms with Crippen LogP contribution in [0, 0.1) is 5.41 Å². The molecular weight excluding hydrogens is 274 g/mol. The summed E-state index contributed by atoms with van der Waals surface area (Å²) in [7, 11) is 0. The molecule has 21 heavy (non-hydrogen) atoms. The van der Waals surface area contributed by atoms with Gasteiger partial charge < -0.3 is 25.4 Å². The first-order chi connectivity index (χ1) is 9.95. The quantitative estimate of drug-likeness (QED) is 0.693. The van der Waals surface area contributed by atoms with E-state index in [-0.39, 0.29) is 25.3 Å². The predicted molar refractivity (Wildman–Crippen MR) is 77.2 cm³/mol. The zero-order chi connectivity index (χ0) is 15.5. The fourth-order valence-electron chi connectivity index (χ4n) is 2.93. The van der Waals surface area contributed by atoms with Crippen molar-refractivity contribution in [3.8, 4) is 0 Å². The van der Waals surface area contributed by atoms with E-state index in [2.05, 4.69) is 22.5 Å². The largest absolute Gasteiger partial charge is 0.481 e. The average Bonchev–Trinajstić information content (AvgIpc) is 2.81. The minimum absolute atomic E-state index is 0.122. The van der Waals surface area contributed by atoms with Crippen LogP contribution in [-0.2, 0) is 9.53 Å². The van der Waals surface area contributed by atoms with Crippen molar-refractivity contribution in [2.45, 2.75) is 38.8 Å². The molecule has 2 fully saturated rings. The SMILES string of the molecule is CCN1CCCC(NC(=O)NC2COCC2(C)C(=O)O)C1. The molecule has 7 nitrogen and oxygen atoms in total. The van der Waals surface area contributed by atoms with Crippen LogP contribution in [0.4, 0.5) is 4.79 Å². The number of rotatable bonds is 4. The average molecular weight is 299 g/mol. The number of hydrogen-bond acceptors (Lipinski definition) is 4. The van der Waals surface area contributed by atoms with Gasteiger partial charge in [0.2, 0.25) is 0 Å². The zero-order valence-corrected chi connectivity index (χ0v) is 12.7. The molecule has 0 bridgehead atoms. The van der Waals surface area contributed by atoms with E-state index in [1.807, 2.05) is 0 Å². The number of likely N-dealkylation sites (tertiary alicyclic amines) is 1. The number of carbonyl (C=O) groups excluding carboxylic acids is 1. The van der Waals surface area contributed by atoms with Crippen molar-refractivity contribution in [3.05, 3.63) is 0 Å². The van der Waals surface area contributed by atoms with Crippen molar-refractivity contribution in [2.75, 3.05) is 32.8 Å². The third kappa shape index (κ3) is 3.65. The van der Waals surface area contributed by atoms with E-state index in [1.54, 1.807) is 6.92 Å². The highest BCUT2D eigenvalue weighted by Gasteiger charge is 2.47. The maximum absolute atomic E-state index is 12.1. The van der Waals surface area contributed by atoms with Gasteiger partial charge in [-0.3, -0.25) is 4.79 Å². The van der Waals surface area contributed by atoms with Gasteiger partial charge in [-0.25, -0.2) is 4.79 Å². The first kappa shape index (κ1) is 16.0. The molecule has 2 amide bonds. The van der Waals surface area contributed by atoms with Gasteiger partial charge in [0.1, 0.15) is 5.41 Å². The highest BCUT2D eigenvalue weighted by atomic mass is 16.5. The molecule has 0 aromatic heterocycles. The van der Waals surface area contributed by atoms with Crippen molar-refractivity contribution in [1.82, 2.24) is 15.5 Å². The summed E-state index contributed by atoms with van der Waals surface area (Å²) in [5.74, 6) is -0.944. The lowest BCUT2D eigenvalue weighted by Crippen LogP contribution is -2.56. The lowest BCUT2D eigenvalue weighted by molar-refractivity contribution is -0.148. The standard InChI is InChI=1S/C14H25N3O4/c1-3-17-6-4-5-10(7-17)15-13(20)16-11-8-21-9-14(11,2)12(18)19/h10-11H,3-9H2,1-2H3,(H,18,19)(H2,15,16,20). The van der Waals surface area contributed by atoms with Crippen LogP contribution < -0.4 is 10.6 Å². The summed E-state index contributed by atoms with van der Waals surface area (Å²) in [5.41, 5.74) is -1.06.